The van der Waals surface area contributed by atoms with Crippen molar-refractivity contribution < 1.29 is 111 Å². The molecule has 4 nitrogen and oxygen atoms in total. The molecule has 8 unspecified atom stereocenters. The van der Waals surface area contributed by atoms with Gasteiger partial charge in [-0.1, -0.05) is 47.0 Å². The van der Waals surface area contributed by atoms with Crippen LogP contribution in [-0.4, -0.2) is 91.1 Å². The third-order valence-corrected chi connectivity index (χ3v) is 14.1. The lowest BCUT2D eigenvalue weighted by molar-refractivity contribution is -0.497. The first-order chi connectivity index (χ1) is 28.4. The average molecular weight is 985 g/mol. The molecule has 64 heavy (non-hydrogen) atoms. The van der Waals surface area contributed by atoms with E-state index in [4.69, 9.17) is 9.47 Å². The minimum absolute atomic E-state index is 0.0794. The maximum absolute atomic E-state index is 17.2. The Balaban J connectivity index is 2.59. The van der Waals surface area contributed by atoms with E-state index < -0.39 is 157 Å². The summed E-state index contributed by atoms with van der Waals surface area (Å²) in [5, 5.41) is 0. The molecule has 2 bridgehead atoms. The number of halogens is 21. The van der Waals surface area contributed by atoms with E-state index in [1.807, 2.05) is 0 Å². The van der Waals surface area contributed by atoms with Gasteiger partial charge in [0.05, 0.1) is 0 Å². The summed E-state index contributed by atoms with van der Waals surface area (Å²) in [4.78, 5) is 0. The van der Waals surface area contributed by atoms with Crippen molar-refractivity contribution in [3.05, 3.63) is 0 Å². The van der Waals surface area contributed by atoms with Crippen LogP contribution in [-0.2, 0) is 18.9 Å². The third-order valence-electron chi connectivity index (χ3n) is 14.1. The van der Waals surface area contributed by atoms with Gasteiger partial charge in [-0.25, -0.2) is 0 Å². The fourth-order valence-electron chi connectivity index (χ4n) is 11.5. The van der Waals surface area contributed by atoms with E-state index in [9.17, 15) is 43.9 Å². The van der Waals surface area contributed by atoms with Crippen LogP contribution < -0.4 is 0 Å². The van der Waals surface area contributed by atoms with E-state index in [1.165, 1.54) is 20.8 Å². The number of alkyl halides is 21. The summed E-state index contributed by atoms with van der Waals surface area (Å²) in [5.74, 6) is -55.4. The molecule has 0 N–H and O–H groups in total. The Labute approximate surface area is 356 Å². The molecule has 0 heterocycles. The van der Waals surface area contributed by atoms with E-state index >= 15 is 48.3 Å². The lowest BCUT2D eigenvalue weighted by atomic mass is 9.48. The fraction of sp³-hybridized carbons (Fsp3) is 1.00. The highest BCUT2D eigenvalue weighted by Crippen LogP contribution is 2.78. The summed E-state index contributed by atoms with van der Waals surface area (Å²) in [5.41, 5.74) is -18.4. The number of fused-ring (bicyclic) bond motifs is 2. The summed E-state index contributed by atoms with van der Waals surface area (Å²) in [7, 11) is 0. The van der Waals surface area contributed by atoms with E-state index in [1.54, 1.807) is 0 Å². The Morgan fingerprint density at radius 1 is 0.547 bits per heavy atom. The fourth-order valence-corrected chi connectivity index (χ4v) is 11.5. The second kappa shape index (κ2) is 17.4. The molecule has 0 aromatic carbocycles. The van der Waals surface area contributed by atoms with Crippen LogP contribution >= 0.6 is 0 Å². The molecule has 0 amide bonds. The largest absolute Gasteiger partial charge is 0.460 e. The van der Waals surface area contributed by atoms with Gasteiger partial charge in [0.1, 0.15) is 0 Å². The standard InChI is InChI=1S/C39H53F21O4/c1-9-27(8,24-14-12-13-16-29(24,37(52,53)54)63-21(4)61-10-2)20-26(6,7)25-18-23-15-17-28(25,19-23)30(64-22(5)62-11-3,31(40,41)33(44,45)35(48,49)38(55,56)57)32(42,43)34(46,47)36(50,51)39(58,59)60/h21-25H,9-20H2,1-8H3. The highest BCUT2D eigenvalue weighted by atomic mass is 19.4. The zero-order chi connectivity index (χ0) is 50.2. The summed E-state index contributed by atoms with van der Waals surface area (Å²) < 4.78 is 340. The highest BCUT2D eigenvalue weighted by Gasteiger charge is 2.99. The Bertz CT molecular complexity index is 1540. The summed E-state index contributed by atoms with van der Waals surface area (Å²) in [6, 6.07) is 0. The van der Waals surface area contributed by atoms with Gasteiger partial charge in [-0.3, -0.25) is 0 Å². The predicted octanol–water partition coefficient (Wildman–Crippen LogP) is 14.6. The van der Waals surface area contributed by atoms with Crippen molar-refractivity contribution in [1.82, 2.24) is 0 Å². The van der Waals surface area contributed by atoms with Crippen LogP contribution in [0.1, 0.15) is 120 Å². The Morgan fingerprint density at radius 3 is 1.39 bits per heavy atom. The van der Waals surface area contributed by atoms with Crippen LogP contribution in [0.4, 0.5) is 92.2 Å². The molecule has 0 aromatic rings. The number of rotatable bonds is 20. The van der Waals surface area contributed by atoms with Gasteiger partial charge in [0.2, 0.25) is 5.60 Å². The van der Waals surface area contributed by atoms with Crippen LogP contribution in [0.5, 0.6) is 0 Å². The maximum Gasteiger partial charge on any atom is 0.460 e. The van der Waals surface area contributed by atoms with Gasteiger partial charge in [0, 0.05) is 24.5 Å². The van der Waals surface area contributed by atoms with Crippen LogP contribution in [0.15, 0.2) is 0 Å². The Hall–Kier alpha value is -1.63. The van der Waals surface area contributed by atoms with Gasteiger partial charge < -0.3 is 18.9 Å². The highest BCUT2D eigenvalue weighted by molar-refractivity contribution is 5.30. The molecule has 8 atom stereocenters. The van der Waals surface area contributed by atoms with Crippen molar-refractivity contribution in [3.8, 4) is 0 Å². The molecular weight excluding hydrogens is 931 g/mol. The second-order valence-electron chi connectivity index (χ2n) is 18.3. The summed E-state index contributed by atoms with van der Waals surface area (Å²) in [6.07, 6.45) is -33.0. The Morgan fingerprint density at radius 2 is 1.00 bits per heavy atom. The first-order valence-electron chi connectivity index (χ1n) is 20.5. The number of hydrogen-bond donors (Lipinski definition) is 0. The summed E-state index contributed by atoms with van der Waals surface area (Å²) >= 11 is 0. The molecule has 0 saturated heterocycles. The third kappa shape index (κ3) is 8.27. The molecule has 3 aliphatic carbocycles. The quantitative estimate of drug-likeness (QED) is 0.0900. The molecule has 3 aliphatic rings. The first kappa shape index (κ1) is 56.7. The average Bonchev–Trinajstić information content (AvgIpc) is 3.73. The topological polar surface area (TPSA) is 36.9 Å². The lowest BCUT2D eigenvalue weighted by Crippen LogP contribution is -2.84. The molecule has 3 rings (SSSR count). The van der Waals surface area contributed by atoms with Gasteiger partial charge >= 0.3 is 54.1 Å². The number of hydrogen-bond acceptors (Lipinski definition) is 4. The summed E-state index contributed by atoms with van der Waals surface area (Å²) in [6.45, 7) is 6.77. The molecule has 0 aromatic heterocycles. The number of ether oxygens (including phenoxy) is 4. The second-order valence-corrected chi connectivity index (χ2v) is 18.3. The smallest absolute Gasteiger partial charge is 0.353 e. The van der Waals surface area contributed by atoms with Gasteiger partial charge in [0.15, 0.2) is 18.2 Å². The van der Waals surface area contributed by atoms with E-state index in [0.717, 1.165) is 27.7 Å². The zero-order valence-electron chi connectivity index (χ0n) is 35.9. The molecule has 25 heteroatoms. The van der Waals surface area contributed by atoms with Crippen molar-refractivity contribution in [2.45, 2.75) is 197 Å². The Kier molecular flexibility index (Phi) is 15.4. The zero-order valence-corrected chi connectivity index (χ0v) is 35.9. The molecule has 380 valence electrons. The van der Waals surface area contributed by atoms with Crippen LogP contribution in [0, 0.1) is 34.0 Å². The maximum atomic E-state index is 17.2. The minimum Gasteiger partial charge on any atom is -0.353 e. The molecule has 0 aliphatic heterocycles. The van der Waals surface area contributed by atoms with Crippen molar-refractivity contribution in [3.63, 3.8) is 0 Å². The van der Waals surface area contributed by atoms with Crippen LogP contribution in [0.25, 0.3) is 0 Å². The molecule has 3 saturated carbocycles. The van der Waals surface area contributed by atoms with Crippen molar-refractivity contribution >= 4 is 0 Å². The van der Waals surface area contributed by atoms with E-state index in [2.05, 4.69) is 9.47 Å². The normalized spacial score (nSPS) is 28.4. The van der Waals surface area contributed by atoms with Gasteiger partial charge in [-0.2, -0.15) is 92.2 Å². The van der Waals surface area contributed by atoms with Gasteiger partial charge in [-0.05, 0) is 95.3 Å². The van der Waals surface area contributed by atoms with Gasteiger partial charge in [-0.15, -0.1) is 0 Å². The van der Waals surface area contributed by atoms with E-state index in [0.29, 0.717) is 0 Å². The van der Waals surface area contributed by atoms with Crippen molar-refractivity contribution in [2.24, 2.45) is 34.0 Å². The monoisotopic (exact) mass is 984 g/mol. The molecule has 3 fully saturated rings. The van der Waals surface area contributed by atoms with Crippen molar-refractivity contribution in [2.75, 3.05) is 13.2 Å². The predicted molar refractivity (Wildman–Crippen MR) is 184 cm³/mol. The minimum atomic E-state index is -8.43. The molecular formula is C39H53F21O4. The molecule has 0 radical (unpaired) electrons. The SMILES string of the molecule is CCOC(C)OC1(C(F)(F)F)CCCCC1C(C)(CC)CC(C)(C)C1CC2CCC1(C(OC(C)OCC)(C(F)(F)C(F)(F)C(F)(F)C(F)(F)F)C(F)(F)C(F)(F)C(F)(F)C(F)(F)F)C2. The lowest BCUT2D eigenvalue weighted by Gasteiger charge is -2.62. The van der Waals surface area contributed by atoms with Gasteiger partial charge in [0.25, 0.3) is 0 Å². The van der Waals surface area contributed by atoms with Crippen LogP contribution in [0.3, 0.4) is 0 Å². The van der Waals surface area contributed by atoms with E-state index in [-0.39, 0.29) is 39.2 Å². The van der Waals surface area contributed by atoms with Crippen molar-refractivity contribution in [1.29, 1.82) is 0 Å². The van der Waals surface area contributed by atoms with Crippen LogP contribution in [0.2, 0.25) is 0 Å². The molecule has 0 spiro atoms. The first-order valence-corrected chi connectivity index (χ1v) is 20.5.